The van der Waals surface area contributed by atoms with E-state index < -0.39 is 5.60 Å². The van der Waals surface area contributed by atoms with Gasteiger partial charge in [-0.05, 0) is 44.4 Å². The highest BCUT2D eigenvalue weighted by atomic mass is 16.3. The standard InChI is InChI=1S/C12H23NO/c1-3-11(2,14)12(8-13)7-9-4-5-10(12)6-9/h9-10,14H,3-8,13H2,1-2H3. The molecule has 4 atom stereocenters. The van der Waals surface area contributed by atoms with E-state index in [-0.39, 0.29) is 5.41 Å². The summed E-state index contributed by atoms with van der Waals surface area (Å²) < 4.78 is 0. The van der Waals surface area contributed by atoms with E-state index >= 15 is 0 Å². The van der Waals surface area contributed by atoms with Crippen molar-refractivity contribution in [3.63, 3.8) is 0 Å². The molecule has 3 N–H and O–H groups in total. The minimum absolute atomic E-state index is 0.0324. The first-order valence-corrected chi connectivity index (χ1v) is 5.98. The zero-order valence-electron chi connectivity index (χ0n) is 9.42. The van der Waals surface area contributed by atoms with Gasteiger partial charge in [-0.25, -0.2) is 0 Å². The van der Waals surface area contributed by atoms with Crippen molar-refractivity contribution in [2.24, 2.45) is 23.0 Å². The van der Waals surface area contributed by atoms with Crippen LogP contribution in [0.2, 0.25) is 0 Å². The van der Waals surface area contributed by atoms with Crippen molar-refractivity contribution in [1.29, 1.82) is 0 Å². The van der Waals surface area contributed by atoms with Crippen LogP contribution in [0.1, 0.15) is 46.0 Å². The second-order valence-corrected chi connectivity index (χ2v) is 5.57. The summed E-state index contributed by atoms with van der Waals surface area (Å²) in [5, 5.41) is 10.5. The molecule has 0 aliphatic heterocycles. The molecule has 2 heteroatoms. The van der Waals surface area contributed by atoms with Gasteiger partial charge in [-0.1, -0.05) is 13.3 Å². The molecule has 4 unspecified atom stereocenters. The summed E-state index contributed by atoms with van der Waals surface area (Å²) in [6.45, 7) is 4.72. The SMILES string of the molecule is CCC(C)(O)C1(CN)CC2CCC1C2. The molecule has 2 fully saturated rings. The Morgan fingerprint density at radius 2 is 2.21 bits per heavy atom. The van der Waals surface area contributed by atoms with E-state index in [1.807, 2.05) is 6.92 Å². The highest BCUT2D eigenvalue weighted by molar-refractivity contribution is 5.08. The predicted molar refractivity (Wildman–Crippen MR) is 57.9 cm³/mol. The van der Waals surface area contributed by atoms with Crippen molar-refractivity contribution in [1.82, 2.24) is 0 Å². The Kier molecular flexibility index (Phi) is 2.39. The first-order chi connectivity index (χ1) is 6.55. The Hall–Kier alpha value is -0.0800. The number of nitrogens with two attached hydrogens (primary N) is 1. The van der Waals surface area contributed by atoms with Crippen molar-refractivity contribution >= 4 is 0 Å². The normalized spacial score (nSPS) is 45.4. The van der Waals surface area contributed by atoms with Gasteiger partial charge in [-0.3, -0.25) is 0 Å². The van der Waals surface area contributed by atoms with Crippen LogP contribution in [-0.2, 0) is 0 Å². The highest BCUT2D eigenvalue weighted by Crippen LogP contribution is 2.60. The molecule has 2 rings (SSSR count). The third kappa shape index (κ3) is 1.17. The molecule has 0 radical (unpaired) electrons. The Bertz CT molecular complexity index is 226. The van der Waals surface area contributed by atoms with Crippen LogP contribution in [0.15, 0.2) is 0 Å². The summed E-state index contributed by atoms with van der Waals surface area (Å²) >= 11 is 0. The van der Waals surface area contributed by atoms with Gasteiger partial charge in [-0.15, -0.1) is 0 Å². The van der Waals surface area contributed by atoms with Crippen molar-refractivity contribution in [2.45, 2.75) is 51.6 Å². The summed E-state index contributed by atoms with van der Waals surface area (Å²) in [5.74, 6) is 1.54. The smallest absolute Gasteiger partial charge is 0.0687 e. The second-order valence-electron chi connectivity index (χ2n) is 5.57. The van der Waals surface area contributed by atoms with Gasteiger partial charge in [0.2, 0.25) is 0 Å². The van der Waals surface area contributed by atoms with Crippen molar-refractivity contribution in [3.8, 4) is 0 Å². The average Bonchev–Trinajstić information content (AvgIpc) is 2.77. The van der Waals surface area contributed by atoms with E-state index in [1.54, 1.807) is 0 Å². The lowest BCUT2D eigenvalue weighted by molar-refractivity contribution is -0.0983. The fourth-order valence-electron chi connectivity index (χ4n) is 3.93. The topological polar surface area (TPSA) is 46.2 Å². The van der Waals surface area contributed by atoms with Gasteiger partial charge < -0.3 is 10.8 Å². The molecular weight excluding hydrogens is 174 g/mol. The van der Waals surface area contributed by atoms with Gasteiger partial charge in [0.05, 0.1) is 5.60 Å². The minimum Gasteiger partial charge on any atom is -0.390 e. The molecule has 2 nitrogen and oxygen atoms in total. The number of aliphatic hydroxyl groups is 1. The zero-order chi connectivity index (χ0) is 10.4. The molecule has 2 aliphatic rings. The highest BCUT2D eigenvalue weighted by Gasteiger charge is 2.57. The maximum atomic E-state index is 10.5. The first kappa shape index (κ1) is 10.4. The second kappa shape index (κ2) is 3.21. The van der Waals surface area contributed by atoms with Gasteiger partial charge in [-0.2, -0.15) is 0 Å². The van der Waals surface area contributed by atoms with Gasteiger partial charge in [0.15, 0.2) is 0 Å². The Morgan fingerprint density at radius 3 is 2.57 bits per heavy atom. The monoisotopic (exact) mass is 197 g/mol. The lowest BCUT2D eigenvalue weighted by Crippen LogP contribution is -2.53. The van der Waals surface area contributed by atoms with Gasteiger partial charge >= 0.3 is 0 Å². The molecule has 2 aliphatic carbocycles. The molecule has 0 aromatic carbocycles. The molecule has 2 bridgehead atoms. The van der Waals surface area contributed by atoms with E-state index in [2.05, 4.69) is 6.92 Å². The molecule has 0 heterocycles. The number of hydrogen-bond donors (Lipinski definition) is 2. The van der Waals surface area contributed by atoms with E-state index in [0.717, 1.165) is 18.8 Å². The molecule has 2 saturated carbocycles. The predicted octanol–water partition coefficient (Wildman–Crippen LogP) is 1.91. The lowest BCUT2D eigenvalue weighted by Gasteiger charge is -2.47. The molecule has 0 aromatic heterocycles. The fourth-order valence-corrected chi connectivity index (χ4v) is 3.93. The molecule has 0 saturated heterocycles. The number of hydrogen-bond acceptors (Lipinski definition) is 2. The maximum absolute atomic E-state index is 10.5. The Labute approximate surface area is 86.9 Å². The average molecular weight is 197 g/mol. The third-order valence-corrected chi connectivity index (χ3v) is 5.10. The third-order valence-electron chi connectivity index (χ3n) is 5.10. The number of rotatable bonds is 3. The largest absolute Gasteiger partial charge is 0.390 e. The molecule has 0 spiro atoms. The summed E-state index contributed by atoms with van der Waals surface area (Å²) in [5.41, 5.74) is 5.44. The zero-order valence-corrected chi connectivity index (χ0v) is 9.42. The quantitative estimate of drug-likeness (QED) is 0.726. The van der Waals surface area contributed by atoms with E-state index in [1.165, 1.54) is 19.3 Å². The Balaban J connectivity index is 2.27. The minimum atomic E-state index is -0.554. The molecule has 0 aromatic rings. The summed E-state index contributed by atoms with van der Waals surface area (Å²) in [6, 6.07) is 0. The van der Waals surface area contributed by atoms with Crippen LogP contribution in [0.5, 0.6) is 0 Å². The summed E-state index contributed by atoms with van der Waals surface area (Å²) in [4.78, 5) is 0. The van der Waals surface area contributed by atoms with Gasteiger partial charge in [0, 0.05) is 12.0 Å². The van der Waals surface area contributed by atoms with Crippen molar-refractivity contribution in [3.05, 3.63) is 0 Å². The molecular formula is C12H23NO. The van der Waals surface area contributed by atoms with Crippen LogP contribution < -0.4 is 5.73 Å². The first-order valence-electron chi connectivity index (χ1n) is 5.98. The van der Waals surface area contributed by atoms with Crippen molar-refractivity contribution < 1.29 is 5.11 Å². The maximum Gasteiger partial charge on any atom is 0.0687 e. The van der Waals surface area contributed by atoms with Crippen LogP contribution >= 0.6 is 0 Å². The van der Waals surface area contributed by atoms with Crippen LogP contribution in [-0.4, -0.2) is 17.3 Å². The Morgan fingerprint density at radius 1 is 1.50 bits per heavy atom. The summed E-state index contributed by atoms with van der Waals surface area (Å²) in [7, 11) is 0. The number of fused-ring (bicyclic) bond motifs is 2. The van der Waals surface area contributed by atoms with Crippen LogP contribution in [0.25, 0.3) is 0 Å². The van der Waals surface area contributed by atoms with E-state index in [4.69, 9.17) is 5.73 Å². The van der Waals surface area contributed by atoms with Crippen LogP contribution in [0, 0.1) is 17.3 Å². The lowest BCUT2D eigenvalue weighted by atomic mass is 9.62. The van der Waals surface area contributed by atoms with Crippen LogP contribution in [0.3, 0.4) is 0 Å². The van der Waals surface area contributed by atoms with E-state index in [0.29, 0.717) is 12.5 Å². The van der Waals surface area contributed by atoms with Gasteiger partial charge in [0.1, 0.15) is 0 Å². The molecule has 82 valence electrons. The summed E-state index contributed by atoms with van der Waals surface area (Å²) in [6.07, 6.45) is 5.96. The van der Waals surface area contributed by atoms with Gasteiger partial charge in [0.25, 0.3) is 0 Å². The van der Waals surface area contributed by atoms with Crippen LogP contribution in [0.4, 0.5) is 0 Å². The molecule has 0 amide bonds. The van der Waals surface area contributed by atoms with E-state index in [9.17, 15) is 5.11 Å². The molecule has 14 heavy (non-hydrogen) atoms. The fraction of sp³-hybridized carbons (Fsp3) is 1.00. The van der Waals surface area contributed by atoms with Crippen molar-refractivity contribution in [2.75, 3.05) is 6.54 Å².